The molecule has 0 amide bonds. The lowest BCUT2D eigenvalue weighted by Crippen LogP contribution is -2.32. The van der Waals surface area contributed by atoms with Gasteiger partial charge in [0.25, 0.3) is 0 Å². The number of rotatable bonds is 5. The monoisotopic (exact) mass is 347 g/mol. The van der Waals surface area contributed by atoms with Gasteiger partial charge in [-0.2, -0.15) is 0 Å². The van der Waals surface area contributed by atoms with Gasteiger partial charge in [0.05, 0.1) is 12.3 Å². The summed E-state index contributed by atoms with van der Waals surface area (Å²) in [7, 11) is 0. The molecule has 3 rings (SSSR count). The SMILES string of the molecule is CCCOC1=CC(C)(C)C(C)(C)C=C1C=Cc1nccc2ccccc12. The Labute approximate surface area is 157 Å². The van der Waals surface area contributed by atoms with Crippen molar-refractivity contribution in [2.24, 2.45) is 10.8 Å². The van der Waals surface area contributed by atoms with Crippen LogP contribution < -0.4 is 0 Å². The second-order valence-electron chi connectivity index (χ2n) is 8.15. The first-order valence-electron chi connectivity index (χ1n) is 9.45. The van der Waals surface area contributed by atoms with Crippen LogP contribution in [0.1, 0.15) is 46.7 Å². The van der Waals surface area contributed by atoms with Crippen molar-refractivity contribution in [3.8, 4) is 0 Å². The van der Waals surface area contributed by atoms with Crippen LogP contribution in [0.3, 0.4) is 0 Å². The second kappa shape index (κ2) is 7.11. The minimum absolute atomic E-state index is 0.0467. The molecular weight excluding hydrogens is 318 g/mol. The lowest BCUT2D eigenvalue weighted by molar-refractivity contribution is 0.178. The van der Waals surface area contributed by atoms with Crippen molar-refractivity contribution >= 4 is 16.8 Å². The Morgan fingerprint density at radius 2 is 1.69 bits per heavy atom. The van der Waals surface area contributed by atoms with Gasteiger partial charge in [-0.25, -0.2) is 0 Å². The molecule has 1 aromatic heterocycles. The van der Waals surface area contributed by atoms with E-state index in [4.69, 9.17) is 4.74 Å². The van der Waals surface area contributed by atoms with Gasteiger partial charge in [-0.05, 0) is 46.9 Å². The van der Waals surface area contributed by atoms with Gasteiger partial charge in [-0.3, -0.25) is 4.98 Å². The number of hydrogen-bond acceptors (Lipinski definition) is 2. The summed E-state index contributed by atoms with van der Waals surface area (Å²) in [5.74, 6) is 0.979. The molecule has 0 atom stereocenters. The molecule has 136 valence electrons. The standard InChI is InChI=1S/C24H29NO/c1-6-15-26-22-17-24(4,5)23(2,3)16-19(22)11-12-21-20-10-8-7-9-18(20)13-14-25-21/h7-14,16-17H,6,15H2,1-5H3. The molecule has 2 nitrogen and oxygen atoms in total. The third-order valence-corrected chi connectivity index (χ3v) is 5.54. The van der Waals surface area contributed by atoms with Crippen LogP contribution in [0.5, 0.6) is 0 Å². The van der Waals surface area contributed by atoms with Gasteiger partial charge >= 0.3 is 0 Å². The molecule has 0 saturated heterocycles. The molecule has 0 saturated carbocycles. The van der Waals surface area contributed by atoms with E-state index in [1.807, 2.05) is 12.3 Å². The predicted molar refractivity (Wildman–Crippen MR) is 111 cm³/mol. The number of benzene rings is 1. The maximum atomic E-state index is 6.07. The Bertz CT molecular complexity index is 879. The van der Waals surface area contributed by atoms with Crippen LogP contribution in [-0.4, -0.2) is 11.6 Å². The van der Waals surface area contributed by atoms with Crippen molar-refractivity contribution in [3.63, 3.8) is 0 Å². The molecule has 0 unspecified atom stereocenters. The highest BCUT2D eigenvalue weighted by atomic mass is 16.5. The van der Waals surface area contributed by atoms with Gasteiger partial charge in [0.1, 0.15) is 5.76 Å². The highest BCUT2D eigenvalue weighted by Crippen LogP contribution is 2.47. The molecule has 0 aliphatic heterocycles. The summed E-state index contributed by atoms with van der Waals surface area (Å²) in [4.78, 5) is 4.57. The highest BCUT2D eigenvalue weighted by Gasteiger charge is 2.37. The minimum Gasteiger partial charge on any atom is -0.493 e. The van der Waals surface area contributed by atoms with Crippen molar-refractivity contribution < 1.29 is 4.74 Å². The number of pyridine rings is 1. The molecule has 2 aromatic rings. The van der Waals surface area contributed by atoms with Crippen LogP contribution >= 0.6 is 0 Å². The van der Waals surface area contributed by atoms with E-state index in [9.17, 15) is 0 Å². The van der Waals surface area contributed by atoms with E-state index < -0.39 is 0 Å². The average Bonchev–Trinajstić information content (AvgIpc) is 2.61. The quantitative estimate of drug-likeness (QED) is 0.612. The summed E-state index contributed by atoms with van der Waals surface area (Å²) in [6.07, 6.45) is 11.7. The van der Waals surface area contributed by atoms with Crippen molar-refractivity contribution in [3.05, 3.63) is 71.8 Å². The molecule has 1 aromatic carbocycles. The summed E-state index contributed by atoms with van der Waals surface area (Å²) < 4.78 is 6.07. The van der Waals surface area contributed by atoms with Crippen LogP contribution in [-0.2, 0) is 4.74 Å². The Kier molecular flexibility index (Phi) is 5.04. The Morgan fingerprint density at radius 3 is 2.46 bits per heavy atom. The zero-order chi connectivity index (χ0) is 18.8. The zero-order valence-electron chi connectivity index (χ0n) is 16.5. The van der Waals surface area contributed by atoms with Gasteiger partial charge in [-0.1, -0.05) is 65.0 Å². The maximum absolute atomic E-state index is 6.07. The number of aromatic nitrogens is 1. The molecule has 0 radical (unpaired) electrons. The Morgan fingerprint density at radius 1 is 0.962 bits per heavy atom. The Hall–Kier alpha value is -2.35. The molecule has 0 spiro atoms. The maximum Gasteiger partial charge on any atom is 0.122 e. The molecule has 26 heavy (non-hydrogen) atoms. The zero-order valence-corrected chi connectivity index (χ0v) is 16.5. The van der Waals surface area contributed by atoms with Gasteiger partial charge in [-0.15, -0.1) is 0 Å². The van der Waals surface area contributed by atoms with E-state index in [-0.39, 0.29) is 10.8 Å². The fourth-order valence-corrected chi connectivity index (χ4v) is 3.15. The van der Waals surface area contributed by atoms with Crippen LogP contribution in [0.4, 0.5) is 0 Å². The second-order valence-corrected chi connectivity index (χ2v) is 8.15. The van der Waals surface area contributed by atoms with Gasteiger partial charge in [0.2, 0.25) is 0 Å². The lowest BCUT2D eigenvalue weighted by Gasteiger charge is -2.41. The first-order chi connectivity index (χ1) is 12.3. The highest BCUT2D eigenvalue weighted by molar-refractivity contribution is 5.89. The molecule has 1 aliphatic carbocycles. The largest absolute Gasteiger partial charge is 0.493 e. The fraction of sp³-hybridized carbons (Fsp3) is 0.375. The fourth-order valence-electron chi connectivity index (χ4n) is 3.15. The van der Waals surface area contributed by atoms with E-state index in [0.29, 0.717) is 0 Å². The number of allylic oxidation sites excluding steroid dienone is 3. The summed E-state index contributed by atoms with van der Waals surface area (Å²) in [6.45, 7) is 12.0. The molecule has 1 heterocycles. The van der Waals surface area contributed by atoms with E-state index in [2.05, 4.69) is 88.2 Å². The normalized spacial score (nSPS) is 18.7. The number of hydrogen-bond donors (Lipinski definition) is 0. The summed E-state index contributed by atoms with van der Waals surface area (Å²) in [5, 5.41) is 2.38. The van der Waals surface area contributed by atoms with E-state index in [1.54, 1.807) is 0 Å². The lowest BCUT2D eigenvalue weighted by atomic mass is 9.64. The van der Waals surface area contributed by atoms with E-state index >= 15 is 0 Å². The van der Waals surface area contributed by atoms with Gasteiger partial charge < -0.3 is 4.74 Å². The number of ether oxygens (including phenoxy) is 1. The Balaban J connectivity index is 1.99. The first kappa shape index (κ1) is 18.4. The number of nitrogens with zero attached hydrogens (tertiary/aromatic N) is 1. The molecule has 1 aliphatic rings. The molecule has 0 N–H and O–H groups in total. The van der Waals surface area contributed by atoms with Crippen LogP contribution in [0.15, 0.2) is 66.1 Å². The summed E-state index contributed by atoms with van der Waals surface area (Å²) in [6, 6.07) is 10.4. The summed E-state index contributed by atoms with van der Waals surface area (Å²) in [5.41, 5.74) is 2.22. The molecule has 2 heteroatoms. The van der Waals surface area contributed by atoms with E-state index in [1.165, 1.54) is 10.8 Å². The minimum atomic E-state index is 0.0467. The molecule has 0 bridgehead atoms. The third-order valence-electron chi connectivity index (χ3n) is 5.54. The number of fused-ring (bicyclic) bond motifs is 1. The van der Waals surface area contributed by atoms with Crippen LogP contribution in [0, 0.1) is 10.8 Å². The van der Waals surface area contributed by atoms with Crippen molar-refractivity contribution in [1.82, 2.24) is 4.98 Å². The van der Waals surface area contributed by atoms with Crippen molar-refractivity contribution in [2.75, 3.05) is 6.61 Å². The summed E-state index contributed by atoms with van der Waals surface area (Å²) >= 11 is 0. The van der Waals surface area contributed by atoms with Crippen molar-refractivity contribution in [2.45, 2.75) is 41.0 Å². The van der Waals surface area contributed by atoms with Gasteiger partial charge in [0, 0.05) is 17.2 Å². The predicted octanol–water partition coefficient (Wildman–Crippen LogP) is 6.55. The topological polar surface area (TPSA) is 22.1 Å². The smallest absolute Gasteiger partial charge is 0.122 e. The van der Waals surface area contributed by atoms with E-state index in [0.717, 1.165) is 30.1 Å². The average molecular weight is 348 g/mol. The van der Waals surface area contributed by atoms with Crippen molar-refractivity contribution in [1.29, 1.82) is 0 Å². The molecule has 0 fully saturated rings. The van der Waals surface area contributed by atoms with Crippen LogP contribution in [0.2, 0.25) is 0 Å². The first-order valence-corrected chi connectivity index (χ1v) is 9.45. The third kappa shape index (κ3) is 3.60. The van der Waals surface area contributed by atoms with Crippen LogP contribution in [0.25, 0.3) is 16.8 Å². The molecular formula is C24H29NO. The van der Waals surface area contributed by atoms with Gasteiger partial charge in [0.15, 0.2) is 0 Å².